The van der Waals surface area contributed by atoms with E-state index in [1.807, 2.05) is 24.1 Å². The minimum absolute atomic E-state index is 0.279. The number of carbonyl (C=O) groups is 2. The number of methoxy groups -OCH3 is 1. The molecular weight excluding hydrogens is 425 g/mol. The predicted octanol–water partition coefficient (Wildman–Crippen LogP) is 3.53. The van der Waals surface area contributed by atoms with E-state index in [2.05, 4.69) is 4.90 Å². The number of ether oxygens (including phenoxy) is 1. The van der Waals surface area contributed by atoms with E-state index in [-0.39, 0.29) is 10.9 Å². The van der Waals surface area contributed by atoms with Crippen molar-refractivity contribution in [1.82, 2.24) is 9.80 Å². The minimum Gasteiger partial charge on any atom is -0.496 e. The normalized spacial score (nSPS) is 17.9. The summed E-state index contributed by atoms with van der Waals surface area (Å²) in [5, 5.41) is 0.637. The van der Waals surface area contributed by atoms with Gasteiger partial charge < -0.3 is 14.5 Å². The Labute approximate surface area is 185 Å². The van der Waals surface area contributed by atoms with Crippen molar-refractivity contribution in [3.8, 4) is 5.75 Å². The van der Waals surface area contributed by atoms with E-state index >= 15 is 0 Å². The lowest BCUT2D eigenvalue weighted by Crippen LogP contribution is -2.46. The summed E-state index contributed by atoms with van der Waals surface area (Å²) in [6.07, 6.45) is 0. The number of para-hydroxylation sites is 1. The molecule has 1 fully saturated rings. The van der Waals surface area contributed by atoms with Crippen molar-refractivity contribution < 1.29 is 14.3 Å². The monoisotopic (exact) mass is 445 g/mol. The van der Waals surface area contributed by atoms with Gasteiger partial charge in [0.05, 0.1) is 28.4 Å². The van der Waals surface area contributed by atoms with Crippen LogP contribution in [0.2, 0.25) is 10.0 Å². The first-order valence-corrected chi connectivity index (χ1v) is 10.3. The third kappa shape index (κ3) is 3.55. The summed E-state index contributed by atoms with van der Waals surface area (Å²) < 4.78 is 5.49. The number of anilines is 1. The molecule has 0 unspecified atom stereocenters. The third-order valence-corrected chi connectivity index (χ3v) is 6.16. The standard InChI is InChI=1S/C22H21Cl2N3O3/c1-25-9-11-26(12-10-25)20-19(15-5-3-4-6-18(15)30-2)21(28)27(22(20)29)14-7-8-16(23)17(24)13-14/h3-8,13H,9-12H2,1-2H3. The van der Waals surface area contributed by atoms with Gasteiger partial charge in [0.15, 0.2) is 0 Å². The van der Waals surface area contributed by atoms with Crippen LogP contribution in [-0.2, 0) is 9.59 Å². The molecule has 0 radical (unpaired) electrons. The van der Waals surface area contributed by atoms with E-state index in [9.17, 15) is 9.59 Å². The van der Waals surface area contributed by atoms with E-state index in [1.165, 1.54) is 6.07 Å². The van der Waals surface area contributed by atoms with E-state index in [4.69, 9.17) is 27.9 Å². The van der Waals surface area contributed by atoms with Crippen molar-refractivity contribution in [1.29, 1.82) is 0 Å². The van der Waals surface area contributed by atoms with Crippen LogP contribution < -0.4 is 9.64 Å². The SMILES string of the molecule is COc1ccccc1C1=C(N2CCN(C)CC2)C(=O)N(c2ccc(Cl)c(Cl)c2)C1=O. The van der Waals surface area contributed by atoms with Gasteiger partial charge in [0, 0.05) is 31.7 Å². The van der Waals surface area contributed by atoms with Gasteiger partial charge in [-0.05, 0) is 31.3 Å². The summed E-state index contributed by atoms with van der Waals surface area (Å²) in [4.78, 5) is 32.5. The van der Waals surface area contributed by atoms with Crippen molar-refractivity contribution in [2.75, 3.05) is 45.2 Å². The van der Waals surface area contributed by atoms with Crippen molar-refractivity contribution >= 4 is 46.3 Å². The van der Waals surface area contributed by atoms with Crippen molar-refractivity contribution in [2.45, 2.75) is 0 Å². The van der Waals surface area contributed by atoms with E-state index < -0.39 is 5.91 Å². The summed E-state index contributed by atoms with van der Waals surface area (Å²) in [5.74, 6) is -0.239. The molecule has 156 valence electrons. The number of piperazine rings is 1. The molecule has 2 aliphatic heterocycles. The first-order chi connectivity index (χ1) is 14.4. The van der Waals surface area contributed by atoms with Gasteiger partial charge in [-0.25, -0.2) is 4.90 Å². The fourth-order valence-electron chi connectivity index (χ4n) is 3.79. The van der Waals surface area contributed by atoms with Gasteiger partial charge in [-0.15, -0.1) is 0 Å². The lowest BCUT2D eigenvalue weighted by molar-refractivity contribution is -0.120. The van der Waals surface area contributed by atoms with Gasteiger partial charge in [0.2, 0.25) is 0 Å². The molecule has 0 aromatic heterocycles. The molecule has 0 bridgehead atoms. The number of halogens is 2. The van der Waals surface area contributed by atoms with Gasteiger partial charge in [-0.3, -0.25) is 9.59 Å². The zero-order valence-electron chi connectivity index (χ0n) is 16.7. The second kappa shape index (κ2) is 8.30. The first-order valence-electron chi connectivity index (χ1n) is 9.57. The third-order valence-electron chi connectivity index (χ3n) is 5.42. The molecule has 2 aromatic rings. The lowest BCUT2D eigenvalue weighted by Gasteiger charge is -2.34. The topological polar surface area (TPSA) is 53.1 Å². The molecule has 1 saturated heterocycles. The molecule has 0 N–H and O–H groups in total. The average Bonchev–Trinajstić information content (AvgIpc) is 3.00. The number of rotatable bonds is 4. The Morgan fingerprint density at radius 3 is 2.27 bits per heavy atom. The van der Waals surface area contributed by atoms with Crippen molar-refractivity contribution in [2.24, 2.45) is 0 Å². The quantitative estimate of drug-likeness (QED) is 0.673. The first kappa shape index (κ1) is 20.7. The highest BCUT2D eigenvalue weighted by Crippen LogP contribution is 2.39. The number of amides is 2. The highest BCUT2D eigenvalue weighted by Gasteiger charge is 2.43. The molecule has 0 aliphatic carbocycles. The van der Waals surface area contributed by atoms with Crippen LogP contribution in [0.5, 0.6) is 5.75 Å². The molecule has 8 heteroatoms. The molecule has 2 aliphatic rings. The number of likely N-dealkylation sites (N-methyl/N-ethyl adjacent to an activating group) is 1. The summed E-state index contributed by atoms with van der Waals surface area (Å²) in [6, 6.07) is 12.0. The molecule has 4 rings (SSSR count). The maximum Gasteiger partial charge on any atom is 0.282 e. The largest absolute Gasteiger partial charge is 0.496 e. The Kier molecular flexibility index (Phi) is 5.73. The van der Waals surface area contributed by atoms with Crippen LogP contribution in [0.3, 0.4) is 0 Å². The number of nitrogens with zero attached hydrogens (tertiary/aromatic N) is 3. The van der Waals surface area contributed by atoms with Gasteiger partial charge in [0.25, 0.3) is 11.8 Å². The number of benzene rings is 2. The molecule has 30 heavy (non-hydrogen) atoms. The zero-order chi connectivity index (χ0) is 21.4. The second-order valence-corrected chi connectivity index (χ2v) is 8.07. The molecule has 2 aromatic carbocycles. The van der Waals surface area contributed by atoms with Crippen LogP contribution in [0.25, 0.3) is 5.57 Å². The Bertz CT molecular complexity index is 1050. The molecular formula is C22H21Cl2N3O3. The molecule has 2 amide bonds. The Morgan fingerprint density at radius 1 is 0.900 bits per heavy atom. The van der Waals surface area contributed by atoms with E-state index in [0.29, 0.717) is 46.4 Å². The van der Waals surface area contributed by atoms with Crippen LogP contribution in [0.4, 0.5) is 5.69 Å². The Hall–Kier alpha value is -2.54. The average molecular weight is 446 g/mol. The van der Waals surface area contributed by atoms with E-state index in [1.54, 1.807) is 31.4 Å². The summed E-state index contributed by atoms with van der Waals surface area (Å²) in [5.41, 5.74) is 1.71. The van der Waals surface area contributed by atoms with Crippen LogP contribution in [0, 0.1) is 0 Å². The number of hydrogen-bond donors (Lipinski definition) is 0. The lowest BCUT2D eigenvalue weighted by atomic mass is 10.0. The molecule has 6 nitrogen and oxygen atoms in total. The minimum atomic E-state index is -0.406. The maximum absolute atomic E-state index is 13.6. The maximum atomic E-state index is 13.6. The smallest absolute Gasteiger partial charge is 0.282 e. The highest BCUT2D eigenvalue weighted by molar-refractivity contribution is 6.46. The summed E-state index contributed by atoms with van der Waals surface area (Å²) >= 11 is 12.2. The fourth-order valence-corrected chi connectivity index (χ4v) is 4.09. The van der Waals surface area contributed by atoms with E-state index in [0.717, 1.165) is 18.0 Å². The second-order valence-electron chi connectivity index (χ2n) is 7.26. The van der Waals surface area contributed by atoms with Crippen LogP contribution in [0.15, 0.2) is 48.2 Å². The van der Waals surface area contributed by atoms with Crippen molar-refractivity contribution in [3.05, 3.63) is 63.8 Å². The fraction of sp³-hybridized carbons (Fsp3) is 0.273. The molecule has 0 saturated carbocycles. The van der Waals surface area contributed by atoms with Crippen LogP contribution in [0.1, 0.15) is 5.56 Å². The molecule has 2 heterocycles. The van der Waals surface area contributed by atoms with Crippen LogP contribution >= 0.6 is 23.2 Å². The number of carbonyl (C=O) groups excluding carboxylic acids is 2. The summed E-state index contributed by atoms with van der Waals surface area (Å²) in [6.45, 7) is 2.91. The molecule has 0 atom stereocenters. The predicted molar refractivity (Wildman–Crippen MR) is 118 cm³/mol. The summed E-state index contributed by atoms with van der Waals surface area (Å²) in [7, 11) is 3.59. The number of hydrogen-bond acceptors (Lipinski definition) is 5. The van der Waals surface area contributed by atoms with Gasteiger partial charge in [-0.2, -0.15) is 0 Å². The van der Waals surface area contributed by atoms with Crippen LogP contribution in [-0.4, -0.2) is 62.0 Å². The van der Waals surface area contributed by atoms with Gasteiger partial charge >= 0.3 is 0 Å². The molecule has 0 spiro atoms. The van der Waals surface area contributed by atoms with Gasteiger partial charge in [0.1, 0.15) is 11.4 Å². The van der Waals surface area contributed by atoms with Gasteiger partial charge in [-0.1, -0.05) is 41.4 Å². The number of imide groups is 1. The van der Waals surface area contributed by atoms with Crippen molar-refractivity contribution in [3.63, 3.8) is 0 Å². The Morgan fingerprint density at radius 2 is 1.60 bits per heavy atom. The Balaban J connectivity index is 1.85. The highest BCUT2D eigenvalue weighted by atomic mass is 35.5. The zero-order valence-corrected chi connectivity index (χ0v) is 18.2.